The van der Waals surface area contributed by atoms with Crippen LogP contribution in [-0.4, -0.2) is 28.6 Å². The van der Waals surface area contributed by atoms with E-state index in [-0.39, 0.29) is 11.4 Å². The summed E-state index contributed by atoms with van der Waals surface area (Å²) in [4.78, 5) is 21.1. The van der Waals surface area contributed by atoms with Crippen LogP contribution in [0.2, 0.25) is 0 Å². The van der Waals surface area contributed by atoms with Crippen LogP contribution in [0.15, 0.2) is 24.3 Å². The van der Waals surface area contributed by atoms with Crippen molar-refractivity contribution in [2.75, 3.05) is 6.54 Å². The fourth-order valence-corrected chi connectivity index (χ4v) is 1.54. The third-order valence-corrected chi connectivity index (χ3v) is 2.50. The Bertz CT molecular complexity index is 450. The van der Waals surface area contributed by atoms with Crippen molar-refractivity contribution in [2.24, 2.45) is 5.73 Å². The molecular formula is C12H16N2O5. The van der Waals surface area contributed by atoms with E-state index in [1.165, 1.54) is 24.3 Å². The lowest BCUT2D eigenvalue weighted by Gasteiger charge is -2.14. The van der Waals surface area contributed by atoms with Crippen molar-refractivity contribution in [2.45, 2.75) is 25.4 Å². The zero-order valence-electron chi connectivity index (χ0n) is 10.3. The number of non-ortho nitro benzene ring substituents is 1. The van der Waals surface area contributed by atoms with E-state index in [1.807, 2.05) is 0 Å². The van der Waals surface area contributed by atoms with Crippen LogP contribution in [0, 0.1) is 10.1 Å². The third-order valence-electron chi connectivity index (χ3n) is 2.50. The Kier molecular flexibility index (Phi) is 5.74. The van der Waals surface area contributed by atoms with Gasteiger partial charge in [-0.3, -0.25) is 10.1 Å². The summed E-state index contributed by atoms with van der Waals surface area (Å²) in [5.74, 6) is -0.919. The van der Waals surface area contributed by atoms with Crippen molar-refractivity contribution in [1.82, 2.24) is 0 Å². The molecule has 0 amide bonds. The largest absolute Gasteiger partial charge is 0.479 e. The summed E-state index contributed by atoms with van der Waals surface area (Å²) >= 11 is 0. The quantitative estimate of drug-likeness (QED) is 0.420. The number of rotatable bonds is 8. The first-order valence-electron chi connectivity index (χ1n) is 5.88. The summed E-state index contributed by atoms with van der Waals surface area (Å²) in [6.45, 7) is 0.489. The van der Waals surface area contributed by atoms with Crippen molar-refractivity contribution in [1.29, 1.82) is 0 Å². The number of benzene rings is 1. The van der Waals surface area contributed by atoms with Crippen molar-refractivity contribution in [3.05, 3.63) is 34.4 Å². The SMILES string of the molecule is NCCCCC(Oc1cccc([N+](=O)[O-])c1)C(=O)O. The fourth-order valence-electron chi connectivity index (χ4n) is 1.54. The molecule has 0 bridgehead atoms. The van der Waals surface area contributed by atoms with E-state index in [4.69, 9.17) is 15.6 Å². The van der Waals surface area contributed by atoms with Crippen LogP contribution in [0.5, 0.6) is 5.75 Å². The van der Waals surface area contributed by atoms with Gasteiger partial charge in [-0.1, -0.05) is 6.07 Å². The summed E-state index contributed by atoms with van der Waals surface area (Å²) in [7, 11) is 0. The maximum absolute atomic E-state index is 11.0. The van der Waals surface area contributed by atoms with E-state index in [2.05, 4.69) is 0 Å². The standard InChI is InChI=1S/C12H16N2O5/c13-7-2-1-6-11(12(15)16)19-10-5-3-4-9(8-10)14(17)18/h3-5,8,11H,1-2,6-7,13H2,(H,15,16). The molecule has 0 saturated heterocycles. The van der Waals surface area contributed by atoms with Gasteiger partial charge in [0.2, 0.25) is 0 Å². The molecule has 0 aliphatic heterocycles. The lowest BCUT2D eigenvalue weighted by atomic mass is 10.1. The van der Waals surface area contributed by atoms with Crippen molar-refractivity contribution >= 4 is 11.7 Å². The minimum absolute atomic E-state index is 0.136. The number of hydrogen-bond acceptors (Lipinski definition) is 5. The fraction of sp³-hybridized carbons (Fsp3) is 0.417. The van der Waals surface area contributed by atoms with Gasteiger partial charge in [0.25, 0.3) is 5.69 Å². The predicted molar refractivity (Wildman–Crippen MR) is 68.1 cm³/mol. The number of carboxylic acids is 1. The van der Waals surface area contributed by atoms with Crippen molar-refractivity contribution in [3.8, 4) is 5.75 Å². The smallest absolute Gasteiger partial charge is 0.344 e. The Balaban J connectivity index is 2.70. The van der Waals surface area contributed by atoms with E-state index in [0.29, 0.717) is 25.8 Å². The Morgan fingerprint density at radius 3 is 2.79 bits per heavy atom. The van der Waals surface area contributed by atoms with E-state index in [9.17, 15) is 14.9 Å². The van der Waals surface area contributed by atoms with Gasteiger partial charge in [-0.05, 0) is 31.9 Å². The lowest BCUT2D eigenvalue weighted by molar-refractivity contribution is -0.384. The molecule has 1 rings (SSSR count). The molecule has 0 fully saturated rings. The molecule has 0 aliphatic rings. The number of nitrogens with zero attached hydrogens (tertiary/aromatic N) is 1. The van der Waals surface area contributed by atoms with Crippen LogP contribution in [-0.2, 0) is 4.79 Å². The lowest BCUT2D eigenvalue weighted by Crippen LogP contribution is -2.27. The highest BCUT2D eigenvalue weighted by atomic mass is 16.6. The molecule has 19 heavy (non-hydrogen) atoms. The molecule has 7 nitrogen and oxygen atoms in total. The summed E-state index contributed by atoms with van der Waals surface area (Å²) in [5, 5.41) is 19.6. The van der Waals surface area contributed by atoms with Gasteiger partial charge in [-0.15, -0.1) is 0 Å². The molecule has 0 aliphatic carbocycles. The molecule has 1 atom stereocenters. The molecule has 0 spiro atoms. The van der Waals surface area contributed by atoms with Crippen molar-refractivity contribution < 1.29 is 19.6 Å². The Morgan fingerprint density at radius 1 is 1.47 bits per heavy atom. The first-order chi connectivity index (χ1) is 9.04. The highest BCUT2D eigenvalue weighted by molar-refractivity contribution is 5.72. The summed E-state index contributed by atoms with van der Waals surface area (Å²) in [6, 6.07) is 5.47. The van der Waals surface area contributed by atoms with Crippen LogP contribution in [0.3, 0.4) is 0 Å². The molecule has 104 valence electrons. The highest BCUT2D eigenvalue weighted by Crippen LogP contribution is 2.21. The number of nitrogens with two attached hydrogens (primary N) is 1. The van der Waals surface area contributed by atoms with Crippen LogP contribution in [0.4, 0.5) is 5.69 Å². The third kappa shape index (κ3) is 4.92. The summed E-state index contributed by atoms with van der Waals surface area (Å²) < 4.78 is 5.27. The Morgan fingerprint density at radius 2 is 2.21 bits per heavy atom. The summed E-state index contributed by atoms with van der Waals surface area (Å²) in [6.07, 6.45) is 0.633. The second-order valence-corrected chi connectivity index (χ2v) is 3.98. The van der Waals surface area contributed by atoms with Gasteiger partial charge < -0.3 is 15.6 Å². The van der Waals surface area contributed by atoms with Crippen LogP contribution in [0.1, 0.15) is 19.3 Å². The number of aliphatic carboxylic acids is 1. The first-order valence-corrected chi connectivity index (χ1v) is 5.88. The zero-order valence-corrected chi connectivity index (χ0v) is 10.3. The molecule has 1 aromatic rings. The minimum Gasteiger partial charge on any atom is -0.479 e. The van der Waals surface area contributed by atoms with E-state index >= 15 is 0 Å². The normalized spacial score (nSPS) is 11.8. The van der Waals surface area contributed by atoms with Gasteiger partial charge in [0, 0.05) is 6.07 Å². The minimum atomic E-state index is -1.09. The molecule has 0 saturated carbocycles. The highest BCUT2D eigenvalue weighted by Gasteiger charge is 2.19. The van der Waals surface area contributed by atoms with Gasteiger partial charge in [0.1, 0.15) is 5.75 Å². The van der Waals surface area contributed by atoms with Gasteiger partial charge in [0.05, 0.1) is 11.0 Å². The second-order valence-electron chi connectivity index (χ2n) is 3.98. The number of carboxylic acid groups (broad SMARTS) is 1. The number of nitro benzene ring substituents is 1. The predicted octanol–water partition coefficient (Wildman–Crippen LogP) is 1.56. The second kappa shape index (κ2) is 7.32. The Hall–Kier alpha value is -2.15. The van der Waals surface area contributed by atoms with Gasteiger partial charge in [-0.2, -0.15) is 0 Å². The van der Waals surface area contributed by atoms with Gasteiger partial charge in [-0.25, -0.2) is 4.79 Å². The van der Waals surface area contributed by atoms with Gasteiger partial charge >= 0.3 is 5.97 Å². The number of nitro groups is 1. The summed E-state index contributed by atoms with van der Waals surface area (Å²) in [5.41, 5.74) is 5.20. The van der Waals surface area contributed by atoms with E-state index < -0.39 is 17.0 Å². The molecule has 3 N–H and O–H groups in total. The number of carbonyl (C=O) groups is 1. The average Bonchev–Trinajstić information content (AvgIpc) is 2.38. The number of unbranched alkanes of at least 4 members (excludes halogenated alkanes) is 1. The number of hydrogen-bond donors (Lipinski definition) is 2. The molecule has 1 aromatic carbocycles. The Labute approximate surface area is 110 Å². The monoisotopic (exact) mass is 268 g/mol. The first kappa shape index (κ1) is 14.9. The zero-order chi connectivity index (χ0) is 14.3. The molecule has 0 aromatic heterocycles. The number of ether oxygens (including phenoxy) is 1. The molecule has 0 radical (unpaired) electrons. The molecule has 7 heteroatoms. The van der Waals surface area contributed by atoms with E-state index in [1.54, 1.807) is 0 Å². The topological polar surface area (TPSA) is 116 Å². The molecular weight excluding hydrogens is 252 g/mol. The molecule has 0 heterocycles. The van der Waals surface area contributed by atoms with Crippen molar-refractivity contribution in [3.63, 3.8) is 0 Å². The van der Waals surface area contributed by atoms with E-state index in [0.717, 1.165) is 0 Å². The maximum atomic E-state index is 11.0. The van der Waals surface area contributed by atoms with Gasteiger partial charge in [0.15, 0.2) is 6.10 Å². The van der Waals surface area contributed by atoms with Crippen LogP contribution < -0.4 is 10.5 Å². The van der Waals surface area contributed by atoms with Crippen LogP contribution >= 0.6 is 0 Å². The maximum Gasteiger partial charge on any atom is 0.344 e. The molecule has 1 unspecified atom stereocenters. The van der Waals surface area contributed by atoms with Crippen LogP contribution in [0.25, 0.3) is 0 Å². The average molecular weight is 268 g/mol.